The average molecular weight is 209 g/mol. The Morgan fingerprint density at radius 2 is 2.27 bits per heavy atom. The largest absolute Gasteiger partial charge is 0.397 e. The van der Waals surface area contributed by atoms with Gasteiger partial charge in [0.15, 0.2) is 0 Å². The van der Waals surface area contributed by atoms with E-state index in [4.69, 9.17) is 5.73 Å². The molecule has 4 N–H and O–H groups in total. The van der Waals surface area contributed by atoms with Gasteiger partial charge in [-0.1, -0.05) is 0 Å². The Morgan fingerprint density at radius 3 is 3.00 bits per heavy atom. The van der Waals surface area contributed by atoms with Crippen LogP contribution < -0.4 is 16.4 Å². The van der Waals surface area contributed by atoms with Gasteiger partial charge < -0.3 is 16.4 Å². The number of nitrogen functional groups attached to an aromatic ring is 1. The average Bonchev–Trinajstić information content (AvgIpc) is 2.30. The Balaban J connectivity index is 2.57. The minimum atomic E-state index is -0.502. The summed E-state index contributed by atoms with van der Waals surface area (Å²) in [6, 6.07) is 2.46. The van der Waals surface area contributed by atoms with E-state index >= 15 is 0 Å². The van der Waals surface area contributed by atoms with E-state index in [-0.39, 0.29) is 23.2 Å². The Kier molecular flexibility index (Phi) is 2.22. The molecule has 0 aromatic heterocycles. The van der Waals surface area contributed by atoms with Gasteiger partial charge >= 0.3 is 0 Å². The van der Waals surface area contributed by atoms with E-state index in [0.717, 1.165) is 0 Å². The highest BCUT2D eigenvalue weighted by Crippen LogP contribution is 2.27. The van der Waals surface area contributed by atoms with E-state index in [1.54, 1.807) is 0 Å². The van der Waals surface area contributed by atoms with Gasteiger partial charge in [-0.2, -0.15) is 0 Å². The van der Waals surface area contributed by atoms with Crippen LogP contribution in [0.1, 0.15) is 17.3 Å². The number of nitrogens with two attached hydrogens (primary N) is 1. The van der Waals surface area contributed by atoms with Crippen molar-refractivity contribution in [3.05, 3.63) is 23.5 Å². The molecule has 0 saturated heterocycles. The van der Waals surface area contributed by atoms with E-state index in [2.05, 4.69) is 10.6 Å². The Labute approximate surface area is 86.7 Å². The predicted octanol–water partition coefficient (Wildman–Crippen LogP) is 0.952. The summed E-state index contributed by atoms with van der Waals surface area (Å²) in [5.74, 6) is -0.800. The molecule has 2 rings (SSSR count). The number of fused-ring (bicyclic) bond motifs is 1. The summed E-state index contributed by atoms with van der Waals surface area (Å²) >= 11 is 0. The summed E-state index contributed by atoms with van der Waals surface area (Å²) in [4.78, 5) is 11.6. The lowest BCUT2D eigenvalue weighted by atomic mass is 10.1. The first-order valence-electron chi connectivity index (χ1n) is 4.71. The van der Waals surface area contributed by atoms with Crippen molar-refractivity contribution in [3.63, 3.8) is 0 Å². The molecule has 1 amide bonds. The minimum absolute atomic E-state index is 0.0722. The van der Waals surface area contributed by atoms with Crippen LogP contribution in [-0.4, -0.2) is 18.5 Å². The van der Waals surface area contributed by atoms with Gasteiger partial charge in [0.1, 0.15) is 5.82 Å². The predicted molar refractivity (Wildman–Crippen MR) is 56.2 cm³/mol. The zero-order valence-corrected chi connectivity index (χ0v) is 8.30. The number of rotatable bonds is 0. The first-order chi connectivity index (χ1) is 7.08. The summed E-state index contributed by atoms with van der Waals surface area (Å²) < 4.78 is 13.1. The number of hydrogen-bond acceptors (Lipinski definition) is 3. The normalized spacial score (nSPS) is 19.9. The topological polar surface area (TPSA) is 67.2 Å². The van der Waals surface area contributed by atoms with Gasteiger partial charge in [-0.15, -0.1) is 0 Å². The molecule has 0 bridgehead atoms. The number of nitrogens with one attached hydrogen (secondary N) is 2. The van der Waals surface area contributed by atoms with Crippen LogP contribution in [-0.2, 0) is 0 Å². The molecule has 0 spiro atoms. The number of carbonyl (C=O) groups is 1. The highest BCUT2D eigenvalue weighted by molar-refractivity contribution is 6.02. The number of amides is 1. The number of anilines is 2. The van der Waals surface area contributed by atoms with Crippen molar-refractivity contribution in [2.75, 3.05) is 17.6 Å². The molecule has 1 aliphatic heterocycles. The van der Waals surface area contributed by atoms with Gasteiger partial charge in [-0.3, -0.25) is 4.79 Å². The molecule has 15 heavy (non-hydrogen) atoms. The lowest BCUT2D eigenvalue weighted by Gasteiger charge is -2.13. The maximum Gasteiger partial charge on any atom is 0.253 e. The van der Waals surface area contributed by atoms with Crippen LogP contribution in [0.2, 0.25) is 0 Å². The number of halogens is 1. The molecule has 0 radical (unpaired) electrons. The van der Waals surface area contributed by atoms with E-state index in [0.29, 0.717) is 12.2 Å². The van der Waals surface area contributed by atoms with Gasteiger partial charge in [0.2, 0.25) is 0 Å². The lowest BCUT2D eigenvalue weighted by Crippen LogP contribution is -2.30. The molecule has 4 nitrogen and oxygen atoms in total. The van der Waals surface area contributed by atoms with Crippen molar-refractivity contribution in [2.45, 2.75) is 13.0 Å². The summed E-state index contributed by atoms with van der Waals surface area (Å²) in [5.41, 5.74) is 6.69. The Hall–Kier alpha value is -1.78. The number of carbonyl (C=O) groups excluding carboxylic acids is 1. The molecular formula is C10H12FN3O. The first kappa shape index (κ1) is 9.76. The SMILES string of the molecule is C[C@@H]1CNC(=O)c2cc(F)cc(N)c2N1. The molecule has 0 fully saturated rings. The van der Waals surface area contributed by atoms with Crippen LogP contribution in [0.25, 0.3) is 0 Å². The van der Waals surface area contributed by atoms with Crippen molar-refractivity contribution >= 4 is 17.3 Å². The molecule has 1 heterocycles. The zero-order valence-electron chi connectivity index (χ0n) is 8.30. The Morgan fingerprint density at radius 1 is 1.53 bits per heavy atom. The minimum Gasteiger partial charge on any atom is -0.397 e. The van der Waals surface area contributed by atoms with Crippen molar-refractivity contribution in [2.24, 2.45) is 0 Å². The second-order valence-electron chi connectivity index (χ2n) is 3.67. The zero-order chi connectivity index (χ0) is 11.0. The fourth-order valence-electron chi connectivity index (χ4n) is 1.61. The van der Waals surface area contributed by atoms with Crippen molar-refractivity contribution in [1.82, 2.24) is 5.32 Å². The molecule has 1 aromatic carbocycles. The number of hydrogen-bond donors (Lipinski definition) is 3. The quantitative estimate of drug-likeness (QED) is 0.557. The fourth-order valence-corrected chi connectivity index (χ4v) is 1.61. The maximum absolute atomic E-state index is 13.1. The molecule has 1 aromatic rings. The standard InChI is InChI=1S/C10H12FN3O/c1-5-4-13-10(15)7-2-6(11)3-8(12)9(7)14-5/h2-3,5,14H,4,12H2,1H3,(H,13,15)/t5-/m1/s1. The van der Waals surface area contributed by atoms with Crippen molar-refractivity contribution in [3.8, 4) is 0 Å². The third-order valence-corrected chi connectivity index (χ3v) is 2.34. The van der Waals surface area contributed by atoms with Gasteiger partial charge in [-0.25, -0.2) is 4.39 Å². The summed E-state index contributed by atoms with van der Waals surface area (Å²) in [6.07, 6.45) is 0. The van der Waals surface area contributed by atoms with E-state index in [9.17, 15) is 9.18 Å². The Bertz CT molecular complexity index is 419. The van der Waals surface area contributed by atoms with Crippen molar-refractivity contribution < 1.29 is 9.18 Å². The second-order valence-corrected chi connectivity index (χ2v) is 3.67. The van der Waals surface area contributed by atoms with Gasteiger partial charge in [0.05, 0.1) is 16.9 Å². The van der Waals surface area contributed by atoms with Crippen LogP contribution in [0, 0.1) is 5.82 Å². The lowest BCUT2D eigenvalue weighted by molar-refractivity contribution is 0.0955. The summed E-state index contributed by atoms with van der Waals surface area (Å²) in [5, 5.41) is 5.75. The second kappa shape index (κ2) is 3.42. The molecule has 1 aliphatic rings. The van der Waals surface area contributed by atoms with E-state index in [1.807, 2.05) is 6.92 Å². The molecule has 1 atom stereocenters. The maximum atomic E-state index is 13.1. The molecule has 5 heteroatoms. The first-order valence-corrected chi connectivity index (χ1v) is 4.71. The van der Waals surface area contributed by atoms with Gasteiger partial charge in [-0.05, 0) is 19.1 Å². The number of benzene rings is 1. The van der Waals surface area contributed by atoms with Crippen LogP contribution in [0.5, 0.6) is 0 Å². The van der Waals surface area contributed by atoms with Crippen LogP contribution >= 0.6 is 0 Å². The fraction of sp³-hybridized carbons (Fsp3) is 0.300. The van der Waals surface area contributed by atoms with E-state index < -0.39 is 5.82 Å². The van der Waals surface area contributed by atoms with Gasteiger partial charge in [0.25, 0.3) is 5.91 Å². The van der Waals surface area contributed by atoms with Crippen LogP contribution in [0.3, 0.4) is 0 Å². The summed E-state index contributed by atoms with van der Waals surface area (Å²) in [6.45, 7) is 2.41. The van der Waals surface area contributed by atoms with Crippen LogP contribution in [0.15, 0.2) is 12.1 Å². The highest BCUT2D eigenvalue weighted by Gasteiger charge is 2.21. The molecule has 0 saturated carbocycles. The molecule has 0 aliphatic carbocycles. The highest BCUT2D eigenvalue weighted by atomic mass is 19.1. The van der Waals surface area contributed by atoms with Crippen LogP contribution in [0.4, 0.5) is 15.8 Å². The summed E-state index contributed by atoms with van der Waals surface area (Å²) in [7, 11) is 0. The van der Waals surface area contributed by atoms with Gasteiger partial charge in [0, 0.05) is 12.6 Å². The molecule has 0 unspecified atom stereocenters. The third-order valence-electron chi connectivity index (χ3n) is 2.34. The molecule has 80 valence electrons. The molecular weight excluding hydrogens is 197 g/mol. The third kappa shape index (κ3) is 1.72. The monoisotopic (exact) mass is 209 g/mol. The van der Waals surface area contributed by atoms with Crippen molar-refractivity contribution in [1.29, 1.82) is 0 Å². The smallest absolute Gasteiger partial charge is 0.253 e. The van der Waals surface area contributed by atoms with E-state index in [1.165, 1.54) is 12.1 Å².